The summed E-state index contributed by atoms with van der Waals surface area (Å²) in [5.74, 6) is 2.27. The highest BCUT2D eigenvalue weighted by atomic mass is 32.2. The molecule has 1 N–H and O–H groups in total. The number of carbonyl (C=O) groups excluding carboxylic acids is 1. The number of hydrogen-bond donors (Lipinski definition) is 1. The van der Waals surface area contributed by atoms with Gasteiger partial charge in [-0.1, -0.05) is 39.0 Å². The van der Waals surface area contributed by atoms with Crippen LogP contribution in [-0.4, -0.2) is 35.0 Å². The molecule has 0 saturated heterocycles. The van der Waals surface area contributed by atoms with E-state index in [0.29, 0.717) is 16.5 Å². The summed E-state index contributed by atoms with van der Waals surface area (Å²) in [5.41, 5.74) is 1.21. The average molecular weight is 418 g/mol. The molecule has 2 aromatic rings. The van der Waals surface area contributed by atoms with Gasteiger partial charge in [0.1, 0.15) is 5.75 Å². The van der Waals surface area contributed by atoms with Gasteiger partial charge >= 0.3 is 0 Å². The van der Waals surface area contributed by atoms with Crippen molar-refractivity contribution in [3.8, 4) is 17.2 Å². The first kappa shape index (κ1) is 21.7. The minimum absolute atomic E-state index is 0.0254. The molecule has 1 aliphatic rings. The summed E-state index contributed by atoms with van der Waals surface area (Å²) in [5, 5.41) is 11.7. The second kappa shape index (κ2) is 9.65. The lowest BCUT2D eigenvalue weighted by Gasteiger charge is -2.39. The van der Waals surface area contributed by atoms with Crippen LogP contribution in [0.1, 0.15) is 52.9 Å². The lowest BCUT2D eigenvalue weighted by Crippen LogP contribution is -2.40. The topological polar surface area (TPSA) is 77.2 Å². The number of aromatic nitrogens is 2. The predicted octanol–water partition coefficient (Wildman–Crippen LogP) is 4.95. The van der Waals surface area contributed by atoms with Crippen LogP contribution in [0, 0.1) is 11.3 Å². The van der Waals surface area contributed by atoms with Crippen molar-refractivity contribution in [1.82, 2.24) is 15.5 Å². The molecular formula is C22H31N3O3S. The fourth-order valence-corrected chi connectivity index (χ4v) is 4.40. The molecule has 7 heteroatoms. The van der Waals surface area contributed by atoms with Crippen molar-refractivity contribution >= 4 is 17.7 Å². The van der Waals surface area contributed by atoms with Crippen LogP contribution in [0.15, 0.2) is 33.9 Å². The van der Waals surface area contributed by atoms with Gasteiger partial charge in [0.05, 0.1) is 12.9 Å². The second-order valence-electron chi connectivity index (χ2n) is 8.35. The van der Waals surface area contributed by atoms with Crippen molar-refractivity contribution in [2.45, 2.75) is 64.1 Å². The molecule has 0 atom stereocenters. The number of rotatable bonds is 8. The number of carbonyl (C=O) groups is 1. The lowest BCUT2D eigenvalue weighted by molar-refractivity contribution is -0.119. The molecule has 1 fully saturated rings. The number of hydrogen-bond acceptors (Lipinski definition) is 6. The van der Waals surface area contributed by atoms with E-state index in [1.165, 1.54) is 31.0 Å². The summed E-state index contributed by atoms with van der Waals surface area (Å²) in [6, 6.07) is 7.70. The molecular weight excluding hydrogens is 386 g/mol. The first-order chi connectivity index (χ1) is 13.9. The Hall–Kier alpha value is -2.02. The van der Waals surface area contributed by atoms with Crippen molar-refractivity contribution in [2.75, 3.05) is 12.9 Å². The smallest absolute Gasteiger partial charge is 0.277 e. The maximum atomic E-state index is 12.3. The maximum Gasteiger partial charge on any atom is 0.277 e. The maximum absolute atomic E-state index is 12.3. The van der Waals surface area contributed by atoms with E-state index >= 15 is 0 Å². The van der Waals surface area contributed by atoms with Gasteiger partial charge in [0.15, 0.2) is 0 Å². The Bertz CT molecular complexity index is 796. The van der Waals surface area contributed by atoms with Crippen molar-refractivity contribution in [2.24, 2.45) is 11.3 Å². The Balaban J connectivity index is 1.44. The van der Waals surface area contributed by atoms with E-state index in [2.05, 4.69) is 36.3 Å². The second-order valence-corrected chi connectivity index (χ2v) is 9.28. The molecule has 6 nitrogen and oxygen atoms in total. The van der Waals surface area contributed by atoms with Crippen LogP contribution in [0.3, 0.4) is 0 Å². The molecule has 1 aromatic carbocycles. The van der Waals surface area contributed by atoms with Crippen LogP contribution in [0.4, 0.5) is 0 Å². The van der Waals surface area contributed by atoms with E-state index in [-0.39, 0.29) is 17.7 Å². The van der Waals surface area contributed by atoms with Crippen molar-refractivity contribution < 1.29 is 13.9 Å². The largest absolute Gasteiger partial charge is 0.497 e. The number of nitrogens with zero attached hydrogens (tertiary/aromatic N) is 2. The SMILES string of the molecule is CCC(C)(C)C1CCC(NC(=O)CSc2nnc(-c3ccc(OC)cc3)o2)CC1. The van der Waals surface area contributed by atoms with Crippen molar-refractivity contribution in [3.05, 3.63) is 24.3 Å². The third kappa shape index (κ3) is 5.75. The van der Waals surface area contributed by atoms with Gasteiger partial charge < -0.3 is 14.5 Å². The minimum Gasteiger partial charge on any atom is -0.497 e. The first-order valence-electron chi connectivity index (χ1n) is 10.3. The zero-order valence-electron chi connectivity index (χ0n) is 17.7. The quantitative estimate of drug-likeness (QED) is 0.613. The van der Waals surface area contributed by atoms with Gasteiger partial charge in [-0.3, -0.25) is 4.79 Å². The molecule has 0 spiro atoms. The Morgan fingerprint density at radius 2 is 1.90 bits per heavy atom. The van der Waals surface area contributed by atoms with Crippen LogP contribution < -0.4 is 10.1 Å². The molecule has 1 aromatic heterocycles. The van der Waals surface area contributed by atoms with Gasteiger partial charge in [-0.2, -0.15) is 0 Å². The van der Waals surface area contributed by atoms with E-state index in [1.807, 2.05) is 24.3 Å². The molecule has 1 heterocycles. The van der Waals surface area contributed by atoms with Crippen LogP contribution in [-0.2, 0) is 4.79 Å². The van der Waals surface area contributed by atoms with Gasteiger partial charge in [-0.15, -0.1) is 10.2 Å². The summed E-state index contributed by atoms with van der Waals surface area (Å²) < 4.78 is 10.8. The Morgan fingerprint density at radius 3 is 2.52 bits per heavy atom. The first-order valence-corrected chi connectivity index (χ1v) is 11.3. The average Bonchev–Trinajstić information content (AvgIpc) is 3.22. The van der Waals surface area contributed by atoms with E-state index in [0.717, 1.165) is 30.1 Å². The Kier molecular flexibility index (Phi) is 7.22. The highest BCUT2D eigenvalue weighted by molar-refractivity contribution is 7.99. The normalized spacial score (nSPS) is 19.7. The number of benzene rings is 1. The Labute approximate surface area is 177 Å². The van der Waals surface area contributed by atoms with Crippen LogP contribution in [0.25, 0.3) is 11.5 Å². The molecule has 1 aliphatic carbocycles. The van der Waals surface area contributed by atoms with Gasteiger partial charge in [0, 0.05) is 11.6 Å². The van der Waals surface area contributed by atoms with Crippen LogP contribution in [0.5, 0.6) is 5.75 Å². The Morgan fingerprint density at radius 1 is 1.21 bits per heavy atom. The predicted molar refractivity (Wildman–Crippen MR) is 115 cm³/mol. The fourth-order valence-electron chi connectivity index (χ4n) is 3.82. The molecule has 29 heavy (non-hydrogen) atoms. The summed E-state index contributed by atoms with van der Waals surface area (Å²) in [6.07, 6.45) is 5.70. The molecule has 1 saturated carbocycles. The molecule has 158 valence electrons. The van der Waals surface area contributed by atoms with E-state index in [4.69, 9.17) is 9.15 Å². The fraction of sp³-hybridized carbons (Fsp3) is 0.591. The standard InChI is InChI=1S/C22H31N3O3S/c1-5-22(2,3)16-8-10-17(11-9-16)23-19(26)14-29-21-25-24-20(28-21)15-6-12-18(27-4)13-7-15/h6-7,12-13,16-17H,5,8-11,14H2,1-4H3,(H,23,26). The van der Waals surface area contributed by atoms with Gasteiger partial charge in [-0.05, 0) is 61.3 Å². The van der Waals surface area contributed by atoms with Crippen molar-refractivity contribution in [3.63, 3.8) is 0 Å². The van der Waals surface area contributed by atoms with E-state index in [1.54, 1.807) is 7.11 Å². The van der Waals surface area contributed by atoms with Crippen molar-refractivity contribution in [1.29, 1.82) is 0 Å². The summed E-state index contributed by atoms with van der Waals surface area (Å²) >= 11 is 1.27. The monoisotopic (exact) mass is 417 g/mol. The highest BCUT2D eigenvalue weighted by Gasteiger charge is 2.32. The molecule has 3 rings (SSSR count). The van der Waals surface area contributed by atoms with E-state index in [9.17, 15) is 4.79 Å². The summed E-state index contributed by atoms with van der Waals surface area (Å²) in [4.78, 5) is 12.3. The summed E-state index contributed by atoms with van der Waals surface area (Å²) in [7, 11) is 1.62. The summed E-state index contributed by atoms with van der Waals surface area (Å²) in [6.45, 7) is 6.98. The van der Waals surface area contributed by atoms with Crippen LogP contribution >= 0.6 is 11.8 Å². The number of methoxy groups -OCH3 is 1. The number of thioether (sulfide) groups is 1. The van der Waals surface area contributed by atoms with Gasteiger partial charge in [-0.25, -0.2) is 0 Å². The molecule has 1 amide bonds. The number of nitrogens with one attached hydrogen (secondary N) is 1. The molecule has 0 bridgehead atoms. The zero-order valence-corrected chi connectivity index (χ0v) is 18.6. The molecule has 0 unspecified atom stereocenters. The lowest BCUT2D eigenvalue weighted by atomic mass is 9.69. The minimum atomic E-state index is 0.0254. The third-order valence-electron chi connectivity index (χ3n) is 6.18. The number of amides is 1. The van der Waals surface area contributed by atoms with E-state index < -0.39 is 0 Å². The zero-order chi connectivity index (χ0) is 20.9. The third-order valence-corrected chi connectivity index (χ3v) is 7.00. The highest BCUT2D eigenvalue weighted by Crippen LogP contribution is 2.40. The molecule has 0 aliphatic heterocycles. The van der Waals surface area contributed by atoms with Crippen LogP contribution in [0.2, 0.25) is 0 Å². The van der Waals surface area contributed by atoms with Gasteiger partial charge in [0.25, 0.3) is 5.22 Å². The molecule has 0 radical (unpaired) electrons. The van der Waals surface area contributed by atoms with Gasteiger partial charge in [0.2, 0.25) is 11.8 Å². The number of ether oxygens (including phenoxy) is 1.